The van der Waals surface area contributed by atoms with Gasteiger partial charge >= 0.3 is 0 Å². The number of hydrogen-bond acceptors (Lipinski definition) is 3. The first-order chi connectivity index (χ1) is 11.8. The van der Waals surface area contributed by atoms with Crippen molar-refractivity contribution in [3.8, 4) is 0 Å². The van der Waals surface area contributed by atoms with Crippen molar-refractivity contribution in [2.24, 2.45) is 0 Å². The molecular formula is C19H23N3O2. The van der Waals surface area contributed by atoms with Gasteiger partial charge in [0.05, 0.1) is 13.2 Å². The molecule has 0 unspecified atom stereocenters. The van der Waals surface area contributed by atoms with Gasteiger partial charge in [-0.1, -0.05) is 36.8 Å². The largest absolute Gasteiger partial charge is 0.370 e. The number of rotatable bonds is 2. The first-order valence-corrected chi connectivity index (χ1v) is 8.85. The highest BCUT2D eigenvalue weighted by Gasteiger charge is 2.29. The van der Waals surface area contributed by atoms with E-state index in [0.717, 1.165) is 36.1 Å². The third-order valence-electron chi connectivity index (χ3n) is 5.03. The minimum atomic E-state index is -0.0542. The molecule has 1 aromatic carbocycles. The Morgan fingerprint density at radius 3 is 2.88 bits per heavy atom. The highest BCUT2D eigenvalue weighted by molar-refractivity contribution is 5.94. The van der Waals surface area contributed by atoms with Crippen molar-refractivity contribution in [2.45, 2.75) is 38.2 Å². The number of nitrogens with one attached hydrogen (secondary N) is 1. The van der Waals surface area contributed by atoms with Crippen molar-refractivity contribution < 1.29 is 9.53 Å². The van der Waals surface area contributed by atoms with E-state index in [4.69, 9.17) is 4.74 Å². The van der Waals surface area contributed by atoms with Gasteiger partial charge in [0.25, 0.3) is 5.91 Å². The number of benzene rings is 1. The number of H-pyrrole nitrogens is 1. The van der Waals surface area contributed by atoms with E-state index in [1.807, 2.05) is 23.1 Å². The molecule has 2 aliphatic rings. The molecule has 1 saturated heterocycles. The van der Waals surface area contributed by atoms with Crippen LogP contribution in [0, 0.1) is 0 Å². The smallest absolute Gasteiger partial charge is 0.274 e. The first kappa shape index (κ1) is 15.4. The van der Waals surface area contributed by atoms with Crippen LogP contribution in [0.5, 0.6) is 0 Å². The molecule has 2 aromatic rings. The molecule has 1 aromatic heterocycles. The van der Waals surface area contributed by atoms with E-state index < -0.39 is 0 Å². The average molecular weight is 325 g/mol. The lowest BCUT2D eigenvalue weighted by Crippen LogP contribution is -2.42. The number of fused-ring (bicyclic) bond motifs is 1. The van der Waals surface area contributed by atoms with Crippen LogP contribution in [0.3, 0.4) is 0 Å². The molecular weight excluding hydrogens is 302 g/mol. The molecule has 2 heterocycles. The second kappa shape index (κ2) is 6.77. The summed E-state index contributed by atoms with van der Waals surface area (Å²) in [6.07, 6.45) is 5.45. The van der Waals surface area contributed by atoms with Crippen molar-refractivity contribution in [1.29, 1.82) is 0 Å². The van der Waals surface area contributed by atoms with Crippen LogP contribution in [-0.2, 0) is 17.6 Å². The summed E-state index contributed by atoms with van der Waals surface area (Å²) in [6.45, 7) is 1.78. The quantitative estimate of drug-likeness (QED) is 0.864. The van der Waals surface area contributed by atoms with Gasteiger partial charge in [-0.05, 0) is 31.2 Å². The van der Waals surface area contributed by atoms with Gasteiger partial charge in [0.15, 0.2) is 5.69 Å². The normalized spacial score (nSPS) is 21.2. The molecule has 1 aliphatic carbocycles. The third-order valence-corrected chi connectivity index (χ3v) is 5.03. The summed E-state index contributed by atoms with van der Waals surface area (Å²) in [5.41, 5.74) is 4.04. The molecule has 126 valence electrons. The average Bonchev–Trinajstić information content (AvgIpc) is 2.90. The minimum Gasteiger partial charge on any atom is -0.370 e. The first-order valence-electron chi connectivity index (χ1n) is 8.85. The molecule has 0 saturated carbocycles. The van der Waals surface area contributed by atoms with E-state index in [1.165, 1.54) is 12.8 Å². The fraction of sp³-hybridized carbons (Fsp3) is 0.474. The number of carbonyl (C=O) groups is 1. The Hall–Kier alpha value is -2.14. The van der Waals surface area contributed by atoms with Gasteiger partial charge in [-0.3, -0.25) is 9.89 Å². The van der Waals surface area contributed by atoms with Crippen LogP contribution in [0.1, 0.15) is 52.7 Å². The number of aryl methyl sites for hydroxylation is 1. The van der Waals surface area contributed by atoms with Crippen LogP contribution in [0.25, 0.3) is 0 Å². The molecule has 1 aliphatic heterocycles. The standard InChI is InChI=1S/C19H23N3O2/c23-19(18-15-9-5-2-6-10-16(15)20-21-18)22-11-12-24-17(13-22)14-7-3-1-4-8-14/h1,3-4,7-8,17H,2,5-6,9-13H2,(H,20,21)/t17-/m1/s1. The van der Waals surface area contributed by atoms with Crippen LogP contribution in [0.2, 0.25) is 0 Å². The Balaban J connectivity index is 1.53. The van der Waals surface area contributed by atoms with E-state index in [2.05, 4.69) is 22.3 Å². The van der Waals surface area contributed by atoms with Gasteiger partial charge in [0.1, 0.15) is 6.10 Å². The van der Waals surface area contributed by atoms with E-state index in [-0.39, 0.29) is 12.0 Å². The zero-order chi connectivity index (χ0) is 16.4. The Morgan fingerprint density at radius 1 is 1.17 bits per heavy atom. The zero-order valence-corrected chi connectivity index (χ0v) is 13.8. The maximum absolute atomic E-state index is 13.0. The molecule has 1 N–H and O–H groups in total. The predicted octanol–water partition coefficient (Wildman–Crippen LogP) is 2.89. The van der Waals surface area contributed by atoms with E-state index in [0.29, 0.717) is 25.4 Å². The number of aromatic amines is 1. The Morgan fingerprint density at radius 2 is 2.00 bits per heavy atom. The maximum Gasteiger partial charge on any atom is 0.274 e. The zero-order valence-electron chi connectivity index (χ0n) is 13.8. The second-order valence-electron chi connectivity index (χ2n) is 6.61. The predicted molar refractivity (Wildman–Crippen MR) is 90.9 cm³/mol. The summed E-state index contributed by atoms with van der Waals surface area (Å²) in [5, 5.41) is 7.46. The molecule has 24 heavy (non-hydrogen) atoms. The Labute approximate surface area is 142 Å². The van der Waals surface area contributed by atoms with Crippen LogP contribution >= 0.6 is 0 Å². The van der Waals surface area contributed by atoms with Crippen molar-refractivity contribution >= 4 is 5.91 Å². The molecule has 1 fully saturated rings. The van der Waals surface area contributed by atoms with Gasteiger partial charge in [0.2, 0.25) is 0 Å². The fourth-order valence-corrected chi connectivity index (χ4v) is 3.69. The van der Waals surface area contributed by atoms with E-state index in [9.17, 15) is 4.79 Å². The summed E-state index contributed by atoms with van der Waals surface area (Å²) >= 11 is 0. The number of nitrogens with zero attached hydrogens (tertiary/aromatic N) is 2. The maximum atomic E-state index is 13.0. The van der Waals surface area contributed by atoms with Crippen molar-refractivity contribution in [2.75, 3.05) is 19.7 Å². The number of carbonyl (C=O) groups excluding carboxylic acids is 1. The number of ether oxygens (including phenoxy) is 1. The monoisotopic (exact) mass is 325 g/mol. The molecule has 1 atom stereocenters. The van der Waals surface area contributed by atoms with Crippen LogP contribution < -0.4 is 0 Å². The van der Waals surface area contributed by atoms with E-state index in [1.54, 1.807) is 0 Å². The lowest BCUT2D eigenvalue weighted by molar-refractivity contribution is -0.0230. The number of aromatic nitrogens is 2. The number of hydrogen-bond donors (Lipinski definition) is 1. The van der Waals surface area contributed by atoms with Gasteiger partial charge in [0, 0.05) is 17.8 Å². The number of morpholine rings is 1. The summed E-state index contributed by atoms with van der Waals surface area (Å²) < 4.78 is 5.87. The fourth-order valence-electron chi connectivity index (χ4n) is 3.69. The summed E-state index contributed by atoms with van der Waals surface area (Å²) in [5.74, 6) is 0.0404. The van der Waals surface area contributed by atoms with Gasteiger partial charge in [-0.25, -0.2) is 0 Å². The summed E-state index contributed by atoms with van der Waals surface area (Å²) in [7, 11) is 0. The lowest BCUT2D eigenvalue weighted by atomic mass is 10.1. The van der Waals surface area contributed by atoms with Gasteiger partial charge < -0.3 is 9.64 Å². The molecule has 4 rings (SSSR count). The van der Waals surface area contributed by atoms with Gasteiger partial charge in [-0.15, -0.1) is 0 Å². The second-order valence-corrected chi connectivity index (χ2v) is 6.61. The summed E-state index contributed by atoms with van der Waals surface area (Å²) in [4.78, 5) is 14.9. The van der Waals surface area contributed by atoms with Crippen LogP contribution in [-0.4, -0.2) is 40.7 Å². The Kier molecular flexibility index (Phi) is 4.34. The molecule has 5 nitrogen and oxygen atoms in total. The Bertz CT molecular complexity index is 711. The molecule has 5 heteroatoms. The molecule has 0 bridgehead atoms. The third kappa shape index (κ3) is 2.96. The van der Waals surface area contributed by atoms with Crippen molar-refractivity contribution in [3.63, 3.8) is 0 Å². The minimum absolute atomic E-state index is 0.0404. The van der Waals surface area contributed by atoms with Crippen molar-refractivity contribution in [1.82, 2.24) is 15.1 Å². The molecule has 1 amide bonds. The van der Waals surface area contributed by atoms with Crippen molar-refractivity contribution in [3.05, 3.63) is 52.8 Å². The SMILES string of the molecule is O=C(c1n[nH]c2c1CCCCC2)N1CCO[C@@H](c2ccccc2)C1. The number of amides is 1. The highest BCUT2D eigenvalue weighted by atomic mass is 16.5. The van der Waals surface area contributed by atoms with Crippen LogP contribution in [0.15, 0.2) is 30.3 Å². The van der Waals surface area contributed by atoms with Crippen LogP contribution in [0.4, 0.5) is 0 Å². The molecule has 0 radical (unpaired) electrons. The highest BCUT2D eigenvalue weighted by Crippen LogP contribution is 2.26. The molecule has 0 spiro atoms. The summed E-state index contributed by atoms with van der Waals surface area (Å²) in [6, 6.07) is 10.1. The topological polar surface area (TPSA) is 58.2 Å². The van der Waals surface area contributed by atoms with E-state index >= 15 is 0 Å². The lowest BCUT2D eigenvalue weighted by Gasteiger charge is -2.33. The van der Waals surface area contributed by atoms with Gasteiger partial charge in [-0.2, -0.15) is 5.10 Å².